The molecular formula is C51H98O6. The SMILES string of the molecule is CCCCCCCCCC(=O)O[C@H](COC(=O)CCCCCCCCCCCCCCCCCC(C)C)COC(=O)CCCCCCCCCCCCCC(C)C. The van der Waals surface area contributed by atoms with Crippen molar-refractivity contribution in [3.05, 3.63) is 0 Å². The molecule has 0 aromatic heterocycles. The molecule has 0 spiro atoms. The quantitative estimate of drug-likeness (QED) is 0.0346. The average Bonchev–Trinajstić information content (AvgIpc) is 3.18. The highest BCUT2D eigenvalue weighted by atomic mass is 16.6. The highest BCUT2D eigenvalue weighted by Gasteiger charge is 2.19. The predicted molar refractivity (Wildman–Crippen MR) is 243 cm³/mol. The Balaban J connectivity index is 4.16. The van der Waals surface area contributed by atoms with Crippen LogP contribution < -0.4 is 0 Å². The summed E-state index contributed by atoms with van der Waals surface area (Å²) < 4.78 is 16.7. The van der Waals surface area contributed by atoms with Crippen LogP contribution in [0.3, 0.4) is 0 Å². The first-order valence-corrected chi connectivity index (χ1v) is 25.2. The van der Waals surface area contributed by atoms with Crippen LogP contribution >= 0.6 is 0 Å². The van der Waals surface area contributed by atoms with Gasteiger partial charge < -0.3 is 14.2 Å². The lowest BCUT2D eigenvalue weighted by molar-refractivity contribution is -0.167. The maximum absolute atomic E-state index is 12.6. The summed E-state index contributed by atoms with van der Waals surface area (Å²) in [7, 11) is 0. The zero-order chi connectivity index (χ0) is 41.9. The van der Waals surface area contributed by atoms with Gasteiger partial charge in [-0.05, 0) is 31.1 Å². The molecule has 0 aromatic rings. The Hall–Kier alpha value is -1.59. The average molecular weight is 807 g/mol. The molecule has 0 radical (unpaired) electrons. The number of carbonyl (C=O) groups is 3. The molecule has 0 saturated carbocycles. The van der Waals surface area contributed by atoms with Crippen molar-refractivity contribution >= 4 is 17.9 Å². The van der Waals surface area contributed by atoms with Gasteiger partial charge in [-0.1, -0.05) is 240 Å². The van der Waals surface area contributed by atoms with E-state index in [0.29, 0.717) is 19.3 Å². The van der Waals surface area contributed by atoms with Crippen molar-refractivity contribution in [2.24, 2.45) is 11.8 Å². The van der Waals surface area contributed by atoms with Crippen molar-refractivity contribution in [1.82, 2.24) is 0 Å². The molecule has 6 heteroatoms. The summed E-state index contributed by atoms with van der Waals surface area (Å²) >= 11 is 0. The van der Waals surface area contributed by atoms with Gasteiger partial charge in [0.25, 0.3) is 0 Å². The van der Waals surface area contributed by atoms with Crippen LogP contribution in [0, 0.1) is 11.8 Å². The van der Waals surface area contributed by atoms with E-state index in [-0.39, 0.29) is 31.1 Å². The second-order valence-corrected chi connectivity index (χ2v) is 18.4. The molecule has 0 N–H and O–H groups in total. The summed E-state index contributed by atoms with van der Waals surface area (Å²) in [5, 5.41) is 0. The first-order chi connectivity index (χ1) is 27.7. The molecule has 0 aromatic carbocycles. The number of hydrogen-bond acceptors (Lipinski definition) is 6. The topological polar surface area (TPSA) is 78.9 Å². The molecule has 1 atom stereocenters. The number of hydrogen-bond donors (Lipinski definition) is 0. The molecule has 0 aliphatic heterocycles. The monoisotopic (exact) mass is 807 g/mol. The van der Waals surface area contributed by atoms with E-state index in [2.05, 4.69) is 34.6 Å². The number of ether oxygens (including phenoxy) is 3. The lowest BCUT2D eigenvalue weighted by Gasteiger charge is -2.18. The van der Waals surface area contributed by atoms with Crippen molar-refractivity contribution in [2.45, 2.75) is 285 Å². The Kier molecular flexibility index (Phi) is 42.7. The van der Waals surface area contributed by atoms with Crippen LogP contribution in [0.2, 0.25) is 0 Å². The van der Waals surface area contributed by atoms with E-state index in [9.17, 15) is 14.4 Å². The maximum Gasteiger partial charge on any atom is 0.306 e. The molecule has 57 heavy (non-hydrogen) atoms. The number of rotatable bonds is 45. The molecule has 0 amide bonds. The van der Waals surface area contributed by atoms with E-state index in [0.717, 1.165) is 69.6 Å². The van der Waals surface area contributed by atoms with E-state index < -0.39 is 6.10 Å². The van der Waals surface area contributed by atoms with Gasteiger partial charge in [0.15, 0.2) is 6.10 Å². The number of carbonyl (C=O) groups excluding carboxylic acids is 3. The zero-order valence-electron chi connectivity index (χ0n) is 39.0. The van der Waals surface area contributed by atoms with Crippen LogP contribution in [0.5, 0.6) is 0 Å². The van der Waals surface area contributed by atoms with E-state index in [1.807, 2.05) is 0 Å². The summed E-state index contributed by atoms with van der Waals surface area (Å²) in [6.07, 6.45) is 43.9. The number of esters is 3. The lowest BCUT2D eigenvalue weighted by atomic mass is 10.0. The van der Waals surface area contributed by atoms with Crippen LogP contribution in [0.4, 0.5) is 0 Å². The molecular weight excluding hydrogens is 709 g/mol. The molecule has 0 bridgehead atoms. The summed E-state index contributed by atoms with van der Waals surface area (Å²) in [4.78, 5) is 37.7. The van der Waals surface area contributed by atoms with E-state index in [4.69, 9.17) is 14.2 Å². The van der Waals surface area contributed by atoms with Crippen LogP contribution in [0.15, 0.2) is 0 Å². The molecule has 0 aliphatic carbocycles. The Bertz CT molecular complexity index is 870. The summed E-state index contributed by atoms with van der Waals surface area (Å²) in [5.74, 6) is 0.819. The Morgan fingerprint density at radius 1 is 0.333 bits per heavy atom. The van der Waals surface area contributed by atoms with Crippen molar-refractivity contribution in [2.75, 3.05) is 13.2 Å². The van der Waals surface area contributed by atoms with E-state index in [1.54, 1.807) is 0 Å². The fraction of sp³-hybridized carbons (Fsp3) is 0.941. The molecule has 0 unspecified atom stereocenters. The van der Waals surface area contributed by atoms with E-state index >= 15 is 0 Å². The first-order valence-electron chi connectivity index (χ1n) is 25.2. The smallest absolute Gasteiger partial charge is 0.306 e. The van der Waals surface area contributed by atoms with Gasteiger partial charge in [-0.15, -0.1) is 0 Å². The molecule has 0 rings (SSSR count). The van der Waals surface area contributed by atoms with Gasteiger partial charge in [-0.25, -0.2) is 0 Å². The maximum atomic E-state index is 12.6. The van der Waals surface area contributed by atoms with Crippen molar-refractivity contribution in [1.29, 1.82) is 0 Å². The van der Waals surface area contributed by atoms with Gasteiger partial charge in [-0.2, -0.15) is 0 Å². The first kappa shape index (κ1) is 55.4. The summed E-state index contributed by atoms with van der Waals surface area (Å²) in [5.41, 5.74) is 0. The lowest BCUT2D eigenvalue weighted by Crippen LogP contribution is -2.30. The minimum Gasteiger partial charge on any atom is -0.462 e. The van der Waals surface area contributed by atoms with Crippen LogP contribution in [-0.4, -0.2) is 37.2 Å². The predicted octanol–water partition coefficient (Wildman–Crippen LogP) is 16.1. The third-order valence-electron chi connectivity index (χ3n) is 11.5. The highest BCUT2D eigenvalue weighted by Crippen LogP contribution is 2.17. The second kappa shape index (κ2) is 44.0. The van der Waals surface area contributed by atoms with Gasteiger partial charge in [-0.3, -0.25) is 14.4 Å². The van der Waals surface area contributed by atoms with Crippen molar-refractivity contribution in [3.63, 3.8) is 0 Å². The largest absolute Gasteiger partial charge is 0.462 e. The highest BCUT2D eigenvalue weighted by molar-refractivity contribution is 5.71. The minimum absolute atomic E-state index is 0.0644. The van der Waals surface area contributed by atoms with Crippen molar-refractivity contribution < 1.29 is 28.6 Å². The standard InChI is InChI=1S/C51H98O6/c1-6-7-8-9-24-33-38-43-51(54)57-48(45-56-50(53)42-37-32-28-23-19-15-17-21-26-30-35-40-47(4)5)44-55-49(52)41-36-31-27-22-18-14-12-10-11-13-16-20-25-29-34-39-46(2)3/h46-48H,6-45H2,1-5H3/t48-/m1/s1. The van der Waals surface area contributed by atoms with Gasteiger partial charge in [0.1, 0.15) is 13.2 Å². The van der Waals surface area contributed by atoms with Crippen LogP contribution in [0.25, 0.3) is 0 Å². The van der Waals surface area contributed by atoms with Crippen LogP contribution in [0.1, 0.15) is 279 Å². The zero-order valence-corrected chi connectivity index (χ0v) is 39.0. The van der Waals surface area contributed by atoms with Gasteiger partial charge in [0.2, 0.25) is 0 Å². The van der Waals surface area contributed by atoms with Crippen LogP contribution in [-0.2, 0) is 28.6 Å². The molecule has 338 valence electrons. The summed E-state index contributed by atoms with van der Waals surface area (Å²) in [6, 6.07) is 0. The second-order valence-electron chi connectivity index (χ2n) is 18.4. The van der Waals surface area contributed by atoms with Gasteiger partial charge >= 0.3 is 17.9 Å². The Morgan fingerprint density at radius 2 is 0.579 bits per heavy atom. The minimum atomic E-state index is -0.760. The third kappa shape index (κ3) is 45.3. The molecule has 0 saturated heterocycles. The third-order valence-corrected chi connectivity index (χ3v) is 11.5. The molecule has 0 fully saturated rings. The fourth-order valence-corrected chi connectivity index (χ4v) is 7.64. The fourth-order valence-electron chi connectivity index (χ4n) is 7.64. The summed E-state index contributed by atoms with van der Waals surface area (Å²) in [6.45, 7) is 11.3. The Labute approximate surface area is 355 Å². The Morgan fingerprint density at radius 3 is 0.860 bits per heavy atom. The molecule has 0 aliphatic rings. The molecule has 6 nitrogen and oxygen atoms in total. The van der Waals surface area contributed by atoms with Gasteiger partial charge in [0, 0.05) is 19.3 Å². The van der Waals surface area contributed by atoms with Gasteiger partial charge in [0.05, 0.1) is 0 Å². The number of unbranched alkanes of at least 4 members (excludes halogenated alkanes) is 30. The normalized spacial score (nSPS) is 12.1. The van der Waals surface area contributed by atoms with E-state index in [1.165, 1.54) is 167 Å². The molecule has 0 heterocycles. The van der Waals surface area contributed by atoms with Crippen molar-refractivity contribution in [3.8, 4) is 0 Å².